The van der Waals surface area contributed by atoms with E-state index in [0.717, 1.165) is 19.4 Å². The Hall–Kier alpha value is -3.59. The lowest BCUT2D eigenvalue weighted by Gasteiger charge is -2.26. The number of nitrogens with zero attached hydrogens (tertiary/aromatic N) is 6. The van der Waals surface area contributed by atoms with Gasteiger partial charge in [0.25, 0.3) is 0 Å². The van der Waals surface area contributed by atoms with Crippen LogP contribution in [0.4, 0.5) is 10.2 Å². The molecule has 8 nitrogen and oxygen atoms in total. The molecule has 0 saturated carbocycles. The van der Waals surface area contributed by atoms with Crippen molar-refractivity contribution in [2.75, 3.05) is 11.4 Å². The largest absolute Gasteiger partial charge is 0.508 e. The maximum absolute atomic E-state index is 13.8. The van der Waals surface area contributed by atoms with Gasteiger partial charge in [-0.15, -0.1) is 5.10 Å². The van der Waals surface area contributed by atoms with E-state index in [1.165, 1.54) is 24.5 Å². The fraction of sp³-hybridized carbons (Fsp3) is 0.238. The zero-order valence-corrected chi connectivity index (χ0v) is 16.0. The highest BCUT2D eigenvalue weighted by atomic mass is 19.1. The topological polar surface area (TPSA) is 99.7 Å². The lowest BCUT2D eigenvalue weighted by Crippen LogP contribution is -2.24. The molecule has 1 aliphatic heterocycles. The number of hydrogen-bond acceptors (Lipinski definition) is 7. The van der Waals surface area contributed by atoms with Gasteiger partial charge in [0.15, 0.2) is 5.65 Å². The molecule has 0 aliphatic carbocycles. The number of aliphatic hydroxyl groups is 1. The van der Waals surface area contributed by atoms with E-state index < -0.39 is 0 Å². The minimum absolute atomic E-state index is 0.0789. The van der Waals surface area contributed by atoms with Gasteiger partial charge < -0.3 is 15.1 Å². The van der Waals surface area contributed by atoms with E-state index in [4.69, 9.17) is 5.10 Å². The maximum Gasteiger partial charge on any atom is 0.154 e. The Labute approximate surface area is 171 Å². The number of anilines is 1. The first-order valence-electron chi connectivity index (χ1n) is 9.66. The minimum atomic E-state index is -0.376. The van der Waals surface area contributed by atoms with Gasteiger partial charge in [-0.25, -0.2) is 23.9 Å². The maximum atomic E-state index is 13.8. The van der Waals surface area contributed by atoms with E-state index >= 15 is 0 Å². The van der Waals surface area contributed by atoms with E-state index in [9.17, 15) is 14.6 Å². The highest BCUT2D eigenvalue weighted by Crippen LogP contribution is 2.39. The van der Waals surface area contributed by atoms with Crippen molar-refractivity contribution < 1.29 is 14.6 Å². The smallest absolute Gasteiger partial charge is 0.154 e. The number of benzene rings is 1. The van der Waals surface area contributed by atoms with E-state index in [1.54, 1.807) is 16.8 Å². The molecule has 0 spiro atoms. The van der Waals surface area contributed by atoms with Gasteiger partial charge in [-0.2, -0.15) is 0 Å². The summed E-state index contributed by atoms with van der Waals surface area (Å²) in [5.74, 6) is 0.401. The summed E-state index contributed by atoms with van der Waals surface area (Å²) in [4.78, 5) is 14.8. The Morgan fingerprint density at radius 2 is 2.00 bits per heavy atom. The molecular weight excluding hydrogens is 387 g/mol. The minimum Gasteiger partial charge on any atom is -0.508 e. The number of fused-ring (bicyclic) bond motifs is 1. The number of aromatic hydroxyl groups is 1. The predicted molar refractivity (Wildman–Crippen MR) is 107 cm³/mol. The monoisotopic (exact) mass is 406 g/mol. The average molecular weight is 406 g/mol. The average Bonchev–Trinajstić information content (AvgIpc) is 3.42. The Bertz CT molecular complexity index is 1230. The van der Waals surface area contributed by atoms with Gasteiger partial charge >= 0.3 is 0 Å². The highest BCUT2D eigenvalue weighted by molar-refractivity contribution is 5.61. The van der Waals surface area contributed by atoms with Crippen LogP contribution in [-0.2, 0) is 6.61 Å². The van der Waals surface area contributed by atoms with Gasteiger partial charge in [0.1, 0.15) is 29.4 Å². The fourth-order valence-electron chi connectivity index (χ4n) is 3.97. The van der Waals surface area contributed by atoms with Crippen LogP contribution in [-0.4, -0.2) is 41.3 Å². The van der Waals surface area contributed by atoms with Crippen molar-refractivity contribution in [2.24, 2.45) is 0 Å². The van der Waals surface area contributed by atoms with Gasteiger partial charge in [0, 0.05) is 12.1 Å². The van der Waals surface area contributed by atoms with Gasteiger partial charge in [-0.3, -0.25) is 0 Å². The van der Waals surface area contributed by atoms with Crippen LogP contribution in [0.3, 0.4) is 0 Å². The molecule has 1 aromatic carbocycles. The van der Waals surface area contributed by atoms with E-state index in [0.29, 0.717) is 34.1 Å². The SMILES string of the molecule is OCc1cc(-c2cnc3ccc(N4CCC[C@@H]4c4cc(F)ccc4O)nn23)ncn1. The van der Waals surface area contributed by atoms with Crippen LogP contribution in [0.25, 0.3) is 17.0 Å². The quantitative estimate of drug-likeness (QED) is 0.538. The molecule has 4 aromatic rings. The number of rotatable bonds is 4. The van der Waals surface area contributed by atoms with Crippen LogP contribution in [0.5, 0.6) is 5.75 Å². The molecule has 9 heteroatoms. The Balaban J connectivity index is 1.57. The van der Waals surface area contributed by atoms with Crippen LogP contribution < -0.4 is 4.90 Å². The standard InChI is InChI=1S/C21H19FN6O2/c22-13-3-4-19(30)15(8-13)17-2-1-7-27(17)21-6-5-20-23-10-18(28(20)26-21)16-9-14(11-29)24-12-25-16/h3-6,8-10,12,17,29-30H,1-2,7,11H2/t17-/m1/s1. The van der Waals surface area contributed by atoms with Crippen molar-refractivity contribution in [3.05, 3.63) is 66.0 Å². The number of aliphatic hydroxyl groups excluding tert-OH is 1. The molecule has 1 atom stereocenters. The first kappa shape index (κ1) is 18.4. The zero-order chi connectivity index (χ0) is 20.7. The number of imidazole rings is 1. The summed E-state index contributed by atoms with van der Waals surface area (Å²) in [6, 6.07) is 9.29. The van der Waals surface area contributed by atoms with Gasteiger partial charge in [-0.05, 0) is 49.2 Å². The molecule has 0 bridgehead atoms. The number of hydrogen-bond donors (Lipinski definition) is 2. The Kier molecular flexibility index (Phi) is 4.51. The highest BCUT2D eigenvalue weighted by Gasteiger charge is 2.30. The summed E-state index contributed by atoms with van der Waals surface area (Å²) >= 11 is 0. The summed E-state index contributed by atoms with van der Waals surface area (Å²) < 4.78 is 15.5. The molecule has 152 valence electrons. The molecule has 0 unspecified atom stereocenters. The molecular formula is C21H19FN6O2. The van der Waals surface area contributed by atoms with E-state index in [-0.39, 0.29) is 24.2 Å². The van der Waals surface area contributed by atoms with Crippen LogP contribution >= 0.6 is 0 Å². The molecule has 0 amide bonds. The molecule has 5 rings (SSSR count). The molecule has 30 heavy (non-hydrogen) atoms. The van der Waals surface area contributed by atoms with Gasteiger partial charge in [0.05, 0.1) is 30.2 Å². The molecule has 3 aromatic heterocycles. The second-order valence-electron chi connectivity index (χ2n) is 7.21. The predicted octanol–water partition coefficient (Wildman–Crippen LogP) is 2.86. The third kappa shape index (κ3) is 3.13. The Morgan fingerprint density at radius 3 is 2.87 bits per heavy atom. The summed E-state index contributed by atoms with van der Waals surface area (Å²) in [5, 5.41) is 24.4. The van der Waals surface area contributed by atoms with Gasteiger partial charge in [0.2, 0.25) is 0 Å². The number of phenols is 1. The summed E-state index contributed by atoms with van der Waals surface area (Å²) in [5.41, 5.74) is 3.00. The van der Waals surface area contributed by atoms with Crippen LogP contribution in [0.1, 0.15) is 30.1 Å². The van der Waals surface area contributed by atoms with E-state index in [1.807, 2.05) is 12.1 Å². The van der Waals surface area contributed by atoms with Crippen LogP contribution in [0, 0.1) is 5.82 Å². The van der Waals surface area contributed by atoms with E-state index in [2.05, 4.69) is 19.9 Å². The molecule has 0 radical (unpaired) electrons. The summed E-state index contributed by atoms with van der Waals surface area (Å²) in [6.07, 6.45) is 4.77. The molecule has 1 aliphatic rings. The molecule has 4 heterocycles. The van der Waals surface area contributed by atoms with Crippen LogP contribution in [0.2, 0.25) is 0 Å². The van der Waals surface area contributed by atoms with Crippen molar-refractivity contribution in [3.63, 3.8) is 0 Å². The molecule has 2 N–H and O–H groups in total. The van der Waals surface area contributed by atoms with Crippen molar-refractivity contribution in [2.45, 2.75) is 25.5 Å². The Morgan fingerprint density at radius 1 is 1.10 bits per heavy atom. The third-order valence-electron chi connectivity index (χ3n) is 5.39. The fourth-order valence-corrected chi connectivity index (χ4v) is 3.97. The number of phenolic OH excluding ortho intramolecular Hbond substituents is 1. The lowest BCUT2D eigenvalue weighted by molar-refractivity contribution is 0.276. The lowest BCUT2D eigenvalue weighted by atomic mass is 10.0. The molecule has 1 saturated heterocycles. The summed E-state index contributed by atoms with van der Waals surface area (Å²) in [7, 11) is 0. The van der Waals surface area contributed by atoms with Crippen molar-refractivity contribution in [1.29, 1.82) is 0 Å². The second-order valence-corrected chi connectivity index (χ2v) is 7.21. The number of aromatic nitrogens is 5. The molecule has 1 fully saturated rings. The van der Waals surface area contributed by atoms with Crippen molar-refractivity contribution >= 4 is 11.5 Å². The van der Waals surface area contributed by atoms with Gasteiger partial charge in [-0.1, -0.05) is 0 Å². The van der Waals surface area contributed by atoms with Crippen molar-refractivity contribution in [3.8, 4) is 17.1 Å². The second kappa shape index (κ2) is 7.34. The number of halogens is 1. The first-order valence-corrected chi connectivity index (χ1v) is 9.66. The third-order valence-corrected chi connectivity index (χ3v) is 5.39. The summed E-state index contributed by atoms with van der Waals surface area (Å²) in [6.45, 7) is 0.558. The first-order chi connectivity index (χ1) is 14.6. The zero-order valence-electron chi connectivity index (χ0n) is 16.0. The van der Waals surface area contributed by atoms with Crippen LogP contribution in [0.15, 0.2) is 48.9 Å². The normalized spacial score (nSPS) is 16.5. The van der Waals surface area contributed by atoms with Crippen molar-refractivity contribution in [1.82, 2.24) is 24.6 Å².